The number of furan rings is 1. The van der Waals surface area contributed by atoms with Gasteiger partial charge in [-0.1, -0.05) is 0 Å². The van der Waals surface area contributed by atoms with Crippen molar-refractivity contribution >= 4 is 27.5 Å². The number of thiophene rings is 1. The van der Waals surface area contributed by atoms with E-state index in [1.807, 2.05) is 0 Å². The predicted octanol–water partition coefficient (Wildman–Crippen LogP) is 3.27. The fraction of sp³-hybridized carbons (Fsp3) is 0.190. The van der Waals surface area contributed by atoms with Gasteiger partial charge in [0.25, 0.3) is 5.56 Å². The zero-order valence-electron chi connectivity index (χ0n) is 16.0. The van der Waals surface area contributed by atoms with Gasteiger partial charge in [-0.05, 0) is 42.8 Å². The zero-order chi connectivity index (χ0) is 21.1. The first-order chi connectivity index (χ1) is 14.6. The third kappa shape index (κ3) is 3.79. The van der Waals surface area contributed by atoms with E-state index in [0.29, 0.717) is 45.9 Å². The maximum Gasteiger partial charge on any atom is 0.337 e. The standard InChI is InChI=1S/C21H18N2O6S/c1-27-20(25)13-5-7-14(8-6-13)28-11-3-9-23-19(24)17-15(16-4-2-10-29-16)12-30-18(17)22-21(23)26/h2,4-8,10,12H,3,9,11H2,1H3,(H,22,26). The van der Waals surface area contributed by atoms with Gasteiger partial charge in [0.1, 0.15) is 16.3 Å². The molecule has 0 fully saturated rings. The van der Waals surface area contributed by atoms with Crippen molar-refractivity contribution in [2.45, 2.75) is 13.0 Å². The summed E-state index contributed by atoms with van der Waals surface area (Å²) in [6, 6.07) is 10.1. The minimum atomic E-state index is -0.456. The number of H-pyrrole nitrogens is 1. The van der Waals surface area contributed by atoms with Crippen LogP contribution in [0.4, 0.5) is 0 Å². The summed E-state index contributed by atoms with van der Waals surface area (Å²) in [7, 11) is 1.32. The smallest absolute Gasteiger partial charge is 0.337 e. The first-order valence-electron chi connectivity index (χ1n) is 9.18. The summed E-state index contributed by atoms with van der Waals surface area (Å²) < 4.78 is 16.9. The quantitative estimate of drug-likeness (QED) is 0.359. The Morgan fingerprint density at radius 2 is 2.00 bits per heavy atom. The lowest BCUT2D eigenvalue weighted by atomic mass is 10.2. The van der Waals surface area contributed by atoms with Crippen LogP contribution < -0.4 is 16.0 Å². The molecular formula is C21H18N2O6S. The Bertz CT molecular complexity index is 1280. The number of hydrogen-bond donors (Lipinski definition) is 1. The van der Waals surface area contributed by atoms with Gasteiger partial charge in [0.2, 0.25) is 0 Å². The average Bonchev–Trinajstić information content (AvgIpc) is 3.42. The number of nitrogens with zero attached hydrogens (tertiary/aromatic N) is 1. The van der Waals surface area contributed by atoms with Gasteiger partial charge in [0.15, 0.2) is 0 Å². The lowest BCUT2D eigenvalue weighted by Crippen LogP contribution is -2.35. The second-order valence-corrected chi connectivity index (χ2v) is 7.32. The second kappa shape index (κ2) is 8.42. The molecule has 30 heavy (non-hydrogen) atoms. The van der Waals surface area contributed by atoms with Crippen LogP contribution in [-0.2, 0) is 11.3 Å². The Balaban J connectivity index is 1.46. The highest BCUT2D eigenvalue weighted by Crippen LogP contribution is 2.30. The number of aromatic nitrogens is 2. The fourth-order valence-electron chi connectivity index (χ4n) is 3.09. The summed E-state index contributed by atoms with van der Waals surface area (Å²) in [6.45, 7) is 0.508. The van der Waals surface area contributed by atoms with Crippen LogP contribution in [0.25, 0.3) is 21.5 Å². The van der Waals surface area contributed by atoms with Crippen molar-refractivity contribution in [3.63, 3.8) is 0 Å². The lowest BCUT2D eigenvalue weighted by Gasteiger charge is -2.08. The molecule has 0 amide bonds. The predicted molar refractivity (Wildman–Crippen MR) is 112 cm³/mol. The second-order valence-electron chi connectivity index (χ2n) is 6.44. The molecule has 0 aliphatic rings. The van der Waals surface area contributed by atoms with Crippen LogP contribution in [0, 0.1) is 0 Å². The zero-order valence-corrected chi connectivity index (χ0v) is 16.9. The van der Waals surface area contributed by atoms with Crippen LogP contribution in [0.15, 0.2) is 62.0 Å². The maximum atomic E-state index is 12.9. The molecule has 154 valence electrons. The molecule has 0 aliphatic heterocycles. The number of fused-ring (bicyclic) bond motifs is 1. The third-order valence-corrected chi connectivity index (χ3v) is 5.47. The van der Waals surface area contributed by atoms with Crippen LogP contribution >= 0.6 is 11.3 Å². The van der Waals surface area contributed by atoms with Gasteiger partial charge in [-0.3, -0.25) is 14.3 Å². The summed E-state index contributed by atoms with van der Waals surface area (Å²) in [5.74, 6) is 0.742. The molecule has 0 atom stereocenters. The molecule has 1 N–H and O–H groups in total. The molecule has 3 aromatic heterocycles. The molecule has 4 aromatic rings. The van der Waals surface area contributed by atoms with Crippen molar-refractivity contribution < 1.29 is 18.7 Å². The molecule has 4 rings (SSSR count). The van der Waals surface area contributed by atoms with Gasteiger partial charge in [-0.15, -0.1) is 11.3 Å². The van der Waals surface area contributed by atoms with Gasteiger partial charge < -0.3 is 13.9 Å². The van der Waals surface area contributed by atoms with Crippen LogP contribution in [0.2, 0.25) is 0 Å². The van der Waals surface area contributed by atoms with Crippen LogP contribution in [0.1, 0.15) is 16.8 Å². The molecular weight excluding hydrogens is 408 g/mol. The van der Waals surface area contributed by atoms with E-state index in [2.05, 4.69) is 9.72 Å². The monoisotopic (exact) mass is 426 g/mol. The van der Waals surface area contributed by atoms with Crippen LogP contribution in [0.3, 0.4) is 0 Å². The minimum Gasteiger partial charge on any atom is -0.494 e. The Morgan fingerprint density at radius 1 is 1.20 bits per heavy atom. The molecule has 0 saturated carbocycles. The highest BCUT2D eigenvalue weighted by molar-refractivity contribution is 7.17. The number of rotatable bonds is 7. The Hall–Kier alpha value is -3.59. The van der Waals surface area contributed by atoms with E-state index in [0.717, 1.165) is 0 Å². The number of ether oxygens (including phenoxy) is 2. The number of carbonyl (C=O) groups is 1. The summed E-state index contributed by atoms with van der Waals surface area (Å²) in [5.41, 5.74) is 0.280. The molecule has 0 spiro atoms. The SMILES string of the molecule is COC(=O)c1ccc(OCCCn2c(=O)[nH]c3scc(-c4ccco4)c3c2=O)cc1. The number of methoxy groups -OCH3 is 1. The number of carbonyl (C=O) groups excluding carboxylic acids is 1. The lowest BCUT2D eigenvalue weighted by molar-refractivity contribution is 0.0600. The first-order valence-corrected chi connectivity index (χ1v) is 10.1. The molecule has 0 aliphatic carbocycles. The van der Waals surface area contributed by atoms with Gasteiger partial charge in [0, 0.05) is 17.5 Å². The molecule has 8 nitrogen and oxygen atoms in total. The third-order valence-electron chi connectivity index (χ3n) is 4.57. The van der Waals surface area contributed by atoms with Crippen molar-refractivity contribution in [1.29, 1.82) is 0 Å². The van der Waals surface area contributed by atoms with Crippen molar-refractivity contribution in [3.8, 4) is 17.1 Å². The number of esters is 1. The molecule has 0 bridgehead atoms. The van der Waals surface area contributed by atoms with Gasteiger partial charge >= 0.3 is 11.7 Å². The number of benzene rings is 1. The number of hydrogen-bond acceptors (Lipinski definition) is 7. The van der Waals surface area contributed by atoms with Gasteiger partial charge in [-0.25, -0.2) is 9.59 Å². The van der Waals surface area contributed by atoms with Crippen LogP contribution in [0.5, 0.6) is 5.75 Å². The molecule has 0 radical (unpaired) electrons. The van der Waals surface area contributed by atoms with E-state index in [4.69, 9.17) is 9.15 Å². The molecule has 1 aromatic carbocycles. The normalized spacial score (nSPS) is 11.0. The van der Waals surface area contributed by atoms with Gasteiger partial charge in [0.05, 0.1) is 30.9 Å². The minimum absolute atomic E-state index is 0.206. The largest absolute Gasteiger partial charge is 0.494 e. The highest BCUT2D eigenvalue weighted by Gasteiger charge is 2.16. The molecule has 3 heterocycles. The topological polar surface area (TPSA) is 104 Å². The van der Waals surface area contributed by atoms with Crippen molar-refractivity contribution in [2.75, 3.05) is 13.7 Å². The molecule has 0 unspecified atom stereocenters. The number of nitrogens with one attached hydrogen (secondary N) is 1. The molecule has 0 saturated heterocycles. The summed E-state index contributed by atoms with van der Waals surface area (Å²) in [6.07, 6.45) is 1.99. The molecule has 9 heteroatoms. The Morgan fingerprint density at radius 3 is 2.70 bits per heavy atom. The fourth-order valence-corrected chi connectivity index (χ4v) is 4.02. The average molecular weight is 426 g/mol. The van der Waals surface area contributed by atoms with E-state index in [1.54, 1.807) is 41.8 Å². The van der Waals surface area contributed by atoms with E-state index in [1.165, 1.54) is 29.3 Å². The van der Waals surface area contributed by atoms with E-state index >= 15 is 0 Å². The summed E-state index contributed by atoms with van der Waals surface area (Å²) in [5, 5.41) is 2.24. The van der Waals surface area contributed by atoms with Crippen molar-refractivity contribution in [3.05, 3.63) is 74.4 Å². The number of aromatic amines is 1. The first kappa shape index (κ1) is 19.7. The van der Waals surface area contributed by atoms with E-state index < -0.39 is 11.7 Å². The van der Waals surface area contributed by atoms with Crippen molar-refractivity contribution in [2.24, 2.45) is 0 Å². The Kier molecular flexibility index (Phi) is 5.53. The maximum absolute atomic E-state index is 12.9. The summed E-state index contributed by atoms with van der Waals surface area (Å²) >= 11 is 1.29. The van der Waals surface area contributed by atoms with Gasteiger partial charge in [-0.2, -0.15) is 0 Å². The highest BCUT2D eigenvalue weighted by atomic mass is 32.1. The van der Waals surface area contributed by atoms with Crippen molar-refractivity contribution in [1.82, 2.24) is 9.55 Å². The van der Waals surface area contributed by atoms with E-state index in [9.17, 15) is 14.4 Å². The Labute approximate surface area is 174 Å². The summed E-state index contributed by atoms with van der Waals surface area (Å²) in [4.78, 5) is 40.0. The van der Waals surface area contributed by atoms with Crippen LogP contribution in [-0.4, -0.2) is 29.2 Å². The van der Waals surface area contributed by atoms with E-state index in [-0.39, 0.29) is 12.1 Å².